The van der Waals surface area contributed by atoms with Crippen molar-refractivity contribution in [2.24, 2.45) is 16.7 Å². The average molecular weight is 530 g/mol. The van der Waals surface area contributed by atoms with Gasteiger partial charge >= 0.3 is 17.9 Å². The van der Waals surface area contributed by atoms with Crippen molar-refractivity contribution < 1.29 is 43.9 Å². The van der Waals surface area contributed by atoms with E-state index in [0.29, 0.717) is 12.8 Å². The maximum absolute atomic E-state index is 13.1. The molecule has 0 spiro atoms. The molecule has 7 atom stereocenters. The molecular formula is C28H35NO9. The van der Waals surface area contributed by atoms with Crippen molar-refractivity contribution in [3.63, 3.8) is 0 Å². The van der Waals surface area contributed by atoms with E-state index in [1.807, 2.05) is 19.9 Å². The zero-order valence-corrected chi connectivity index (χ0v) is 22.3. The molecule has 1 saturated carbocycles. The van der Waals surface area contributed by atoms with Gasteiger partial charge in [0.2, 0.25) is 5.76 Å². The van der Waals surface area contributed by atoms with Crippen molar-refractivity contribution >= 4 is 17.9 Å². The molecule has 0 aromatic carbocycles. The number of aliphatic hydroxyl groups is 3. The predicted octanol–water partition coefficient (Wildman–Crippen LogP) is 2.79. The summed E-state index contributed by atoms with van der Waals surface area (Å²) in [5.41, 5.74) is -2.89. The lowest BCUT2D eigenvalue weighted by Gasteiger charge is -2.66. The zero-order valence-electron chi connectivity index (χ0n) is 22.3. The topological polar surface area (TPSA) is 152 Å². The lowest BCUT2D eigenvalue weighted by Crippen LogP contribution is -2.75. The van der Waals surface area contributed by atoms with Gasteiger partial charge in [0.25, 0.3) is 0 Å². The Hall–Kier alpha value is -3.24. The number of pyridine rings is 1. The molecule has 38 heavy (non-hydrogen) atoms. The van der Waals surface area contributed by atoms with Crippen molar-refractivity contribution in [2.45, 2.75) is 77.8 Å². The molecule has 3 aliphatic rings. The van der Waals surface area contributed by atoms with Gasteiger partial charge in [0.15, 0.2) is 0 Å². The lowest BCUT2D eigenvalue weighted by molar-refractivity contribution is -0.291. The summed E-state index contributed by atoms with van der Waals surface area (Å²) in [7, 11) is 0. The molecule has 2 aliphatic carbocycles. The van der Waals surface area contributed by atoms with Crippen molar-refractivity contribution in [3.8, 4) is 0 Å². The molecule has 1 aliphatic heterocycles. The number of fused-ring (bicyclic) bond motifs is 1. The van der Waals surface area contributed by atoms with Crippen LogP contribution >= 0.6 is 0 Å². The third-order valence-electron chi connectivity index (χ3n) is 9.19. The van der Waals surface area contributed by atoms with Gasteiger partial charge in [0.1, 0.15) is 30.5 Å². The minimum atomic E-state index is -1.94. The van der Waals surface area contributed by atoms with Crippen LogP contribution in [0.5, 0.6) is 0 Å². The smallest absolute Gasteiger partial charge is 0.373 e. The van der Waals surface area contributed by atoms with Crippen LogP contribution in [0, 0.1) is 16.7 Å². The second kappa shape index (κ2) is 9.81. The summed E-state index contributed by atoms with van der Waals surface area (Å²) in [6.07, 6.45) is 2.23. The molecule has 3 N–H and O–H groups in total. The number of aromatic nitrogens is 1. The fraction of sp³-hybridized carbons (Fsp3) is 0.571. The Labute approximate surface area is 221 Å². The molecule has 0 amide bonds. The maximum atomic E-state index is 13.1. The van der Waals surface area contributed by atoms with Gasteiger partial charge in [-0.3, -0.25) is 9.78 Å². The molecule has 10 nitrogen and oxygen atoms in total. The third-order valence-corrected chi connectivity index (χ3v) is 9.19. The number of carbonyl (C=O) groups excluding carboxylic acids is 3. The van der Waals surface area contributed by atoms with Crippen LogP contribution in [0.15, 0.2) is 47.5 Å². The van der Waals surface area contributed by atoms with Gasteiger partial charge in [-0.05, 0) is 44.7 Å². The van der Waals surface area contributed by atoms with E-state index in [-0.39, 0.29) is 24.2 Å². The number of hydrogen-bond donors (Lipinski definition) is 3. The van der Waals surface area contributed by atoms with Crippen LogP contribution in [0.2, 0.25) is 0 Å². The molecule has 2 heterocycles. The van der Waals surface area contributed by atoms with E-state index in [1.165, 1.54) is 26.2 Å². The Morgan fingerprint density at radius 3 is 2.58 bits per heavy atom. The summed E-state index contributed by atoms with van der Waals surface area (Å²) in [5.74, 6) is -3.18. The number of nitrogens with zero attached hydrogens (tertiary/aromatic N) is 1. The lowest BCUT2D eigenvalue weighted by atomic mass is 9.43. The fourth-order valence-electron chi connectivity index (χ4n) is 6.69. The number of allylic oxidation sites excluding steroid dienone is 1. The molecule has 4 rings (SSSR count). The molecule has 1 aromatic rings. The van der Waals surface area contributed by atoms with Gasteiger partial charge in [-0.25, -0.2) is 9.59 Å². The largest absolute Gasteiger partial charge is 0.502 e. The van der Waals surface area contributed by atoms with E-state index in [4.69, 9.17) is 14.2 Å². The Morgan fingerprint density at radius 1 is 1.29 bits per heavy atom. The summed E-state index contributed by atoms with van der Waals surface area (Å²) in [4.78, 5) is 41.2. The molecule has 206 valence electrons. The number of cyclic esters (lactones) is 1. The molecule has 10 heteroatoms. The highest BCUT2D eigenvalue weighted by molar-refractivity contribution is 5.89. The van der Waals surface area contributed by atoms with Crippen molar-refractivity contribution in [2.75, 3.05) is 6.61 Å². The van der Waals surface area contributed by atoms with Crippen molar-refractivity contribution in [3.05, 3.63) is 53.1 Å². The Kier molecular flexibility index (Phi) is 7.18. The first-order valence-corrected chi connectivity index (χ1v) is 12.7. The second-order valence-electron chi connectivity index (χ2n) is 11.1. The van der Waals surface area contributed by atoms with E-state index in [1.54, 1.807) is 19.1 Å². The summed E-state index contributed by atoms with van der Waals surface area (Å²) in [6.45, 7) is 8.01. The zero-order chi connectivity index (χ0) is 28.0. The first-order valence-electron chi connectivity index (χ1n) is 12.7. The van der Waals surface area contributed by atoms with Gasteiger partial charge in [-0.15, -0.1) is 0 Å². The van der Waals surface area contributed by atoms with Gasteiger partial charge in [-0.2, -0.15) is 0 Å². The Bertz CT molecular complexity index is 1190. The normalized spacial score (nSPS) is 35.6. The van der Waals surface area contributed by atoms with E-state index in [2.05, 4.69) is 4.98 Å². The number of esters is 3. The molecular weight excluding hydrogens is 494 g/mol. The number of aliphatic hydroxyl groups excluding tert-OH is 2. The van der Waals surface area contributed by atoms with Crippen LogP contribution in [0.1, 0.15) is 64.2 Å². The standard InChI is InChI=1S/C28H35NO9/c1-15-8-6-10-19-26(15,3)23(38-24(33)17-9-7-11-29-13-17)22(32)28(5,35)27(19,4)20(37-16(2)30)12-18-14-36-25(34)21(18)31/h7-9,11,13,19-20,22-23,31-32,35H,6,10,12,14H2,1-5H3/t19-,20?,22?,23?,26-,27-,28-/m0/s1. The van der Waals surface area contributed by atoms with Crippen LogP contribution in [-0.2, 0) is 23.8 Å². The third kappa shape index (κ3) is 4.19. The fourth-order valence-corrected chi connectivity index (χ4v) is 6.69. The maximum Gasteiger partial charge on any atom is 0.373 e. The molecule has 1 aromatic heterocycles. The summed E-state index contributed by atoms with van der Waals surface area (Å²) in [6, 6.07) is 3.15. The Balaban J connectivity index is 1.83. The highest BCUT2D eigenvalue weighted by atomic mass is 16.6. The minimum absolute atomic E-state index is 0.0913. The van der Waals surface area contributed by atoms with Crippen LogP contribution in [-0.4, -0.2) is 68.7 Å². The minimum Gasteiger partial charge on any atom is -0.502 e. The van der Waals surface area contributed by atoms with Crippen LogP contribution in [0.3, 0.4) is 0 Å². The van der Waals surface area contributed by atoms with E-state index in [0.717, 1.165) is 5.57 Å². The molecule has 1 fully saturated rings. The first-order chi connectivity index (χ1) is 17.8. The number of hydrogen-bond acceptors (Lipinski definition) is 10. The van der Waals surface area contributed by atoms with Gasteiger partial charge in [0.05, 0.1) is 5.56 Å². The summed E-state index contributed by atoms with van der Waals surface area (Å²) >= 11 is 0. The van der Waals surface area contributed by atoms with Gasteiger partial charge in [0, 0.05) is 42.1 Å². The number of rotatable bonds is 6. The monoisotopic (exact) mass is 529 g/mol. The highest BCUT2D eigenvalue weighted by Gasteiger charge is 2.71. The van der Waals surface area contributed by atoms with Gasteiger partial charge < -0.3 is 29.5 Å². The average Bonchev–Trinajstić information content (AvgIpc) is 3.19. The molecule has 0 saturated heterocycles. The van der Waals surface area contributed by atoms with E-state index >= 15 is 0 Å². The van der Waals surface area contributed by atoms with E-state index in [9.17, 15) is 29.7 Å². The highest BCUT2D eigenvalue weighted by Crippen LogP contribution is 2.64. The van der Waals surface area contributed by atoms with Crippen molar-refractivity contribution in [1.82, 2.24) is 4.98 Å². The number of carbonyl (C=O) groups is 3. The summed E-state index contributed by atoms with van der Waals surface area (Å²) < 4.78 is 16.7. The molecule has 3 unspecified atom stereocenters. The Morgan fingerprint density at radius 2 is 2.00 bits per heavy atom. The quantitative estimate of drug-likeness (QED) is 0.285. The van der Waals surface area contributed by atoms with Crippen LogP contribution in [0.25, 0.3) is 0 Å². The second-order valence-corrected chi connectivity index (χ2v) is 11.1. The summed E-state index contributed by atoms with van der Waals surface area (Å²) in [5, 5.41) is 34.1. The molecule has 0 radical (unpaired) electrons. The van der Waals surface area contributed by atoms with Crippen LogP contribution in [0.4, 0.5) is 0 Å². The van der Waals surface area contributed by atoms with Crippen LogP contribution < -0.4 is 0 Å². The van der Waals surface area contributed by atoms with E-state index < -0.39 is 64.3 Å². The predicted molar refractivity (Wildman–Crippen MR) is 134 cm³/mol. The first kappa shape index (κ1) is 27.8. The SMILES string of the molecule is CC(=O)OC(CC1=C(O)C(=O)OC1)[C@]1(C)[C@H]2CCC=C(C)[C@]2(C)C(OC(=O)c2cccnc2)C(O)[C@]1(C)O. The number of ether oxygens (including phenoxy) is 3. The molecule has 0 bridgehead atoms. The van der Waals surface area contributed by atoms with Crippen molar-refractivity contribution in [1.29, 1.82) is 0 Å². The van der Waals surface area contributed by atoms with Gasteiger partial charge in [-0.1, -0.05) is 25.5 Å².